The van der Waals surface area contributed by atoms with Crippen LogP contribution in [0.5, 0.6) is 0 Å². The predicted molar refractivity (Wildman–Crippen MR) is 126 cm³/mol. The number of amides is 3. The van der Waals surface area contributed by atoms with Crippen LogP contribution >= 0.6 is 11.6 Å². The maximum absolute atomic E-state index is 12.6. The molecule has 7 nitrogen and oxygen atoms in total. The van der Waals surface area contributed by atoms with Crippen LogP contribution in [0.3, 0.4) is 0 Å². The number of nitrogens with zero attached hydrogens (tertiary/aromatic N) is 3. The van der Waals surface area contributed by atoms with E-state index in [4.69, 9.17) is 11.6 Å². The van der Waals surface area contributed by atoms with Crippen LogP contribution in [-0.4, -0.2) is 78.2 Å². The van der Waals surface area contributed by atoms with Gasteiger partial charge in [-0.15, -0.1) is 0 Å². The van der Waals surface area contributed by atoms with Crippen molar-refractivity contribution in [2.75, 3.05) is 51.1 Å². The van der Waals surface area contributed by atoms with Crippen molar-refractivity contribution in [1.82, 2.24) is 14.7 Å². The maximum Gasteiger partial charge on any atom is 0.253 e. The van der Waals surface area contributed by atoms with Crippen molar-refractivity contribution in [3.63, 3.8) is 0 Å². The Morgan fingerprint density at radius 3 is 2.22 bits per heavy atom. The molecule has 8 heteroatoms. The zero-order chi connectivity index (χ0) is 23.1. The van der Waals surface area contributed by atoms with E-state index in [9.17, 15) is 14.4 Å². The number of rotatable bonds is 7. The summed E-state index contributed by atoms with van der Waals surface area (Å²) in [6, 6.07) is 13.9. The molecule has 0 spiro atoms. The number of hydrogen-bond donors (Lipinski definition) is 1. The smallest absolute Gasteiger partial charge is 0.253 e. The molecule has 0 unspecified atom stereocenters. The molecule has 0 radical (unpaired) electrons. The number of piperazine rings is 1. The Morgan fingerprint density at radius 1 is 0.938 bits per heavy atom. The van der Waals surface area contributed by atoms with Gasteiger partial charge in [0.05, 0.1) is 6.54 Å². The molecule has 2 aromatic rings. The summed E-state index contributed by atoms with van der Waals surface area (Å²) in [5.41, 5.74) is 1.77. The first-order valence-electron chi connectivity index (χ1n) is 10.9. The average Bonchev–Trinajstić information content (AvgIpc) is 2.80. The highest BCUT2D eigenvalue weighted by molar-refractivity contribution is 6.30. The van der Waals surface area contributed by atoms with Crippen molar-refractivity contribution in [2.24, 2.45) is 0 Å². The lowest BCUT2D eigenvalue weighted by Crippen LogP contribution is -2.50. The van der Waals surface area contributed by atoms with Crippen LogP contribution in [0.4, 0.5) is 5.69 Å². The second kappa shape index (κ2) is 11.1. The summed E-state index contributed by atoms with van der Waals surface area (Å²) < 4.78 is 0. The van der Waals surface area contributed by atoms with Gasteiger partial charge in [0.2, 0.25) is 5.91 Å². The third-order valence-corrected chi connectivity index (χ3v) is 5.81. The molecular weight excluding hydrogens is 428 g/mol. The molecule has 0 atom stereocenters. The summed E-state index contributed by atoms with van der Waals surface area (Å²) in [6.45, 7) is 7.74. The van der Waals surface area contributed by atoms with Gasteiger partial charge in [-0.05, 0) is 56.3 Å². The molecule has 170 valence electrons. The molecule has 1 N–H and O–H groups in total. The molecule has 1 aliphatic rings. The number of nitrogens with one attached hydrogen (secondary N) is 1. The Bertz CT molecular complexity index is 952. The number of anilines is 1. The Balaban J connectivity index is 1.50. The van der Waals surface area contributed by atoms with Crippen molar-refractivity contribution in [2.45, 2.75) is 13.8 Å². The largest absolute Gasteiger partial charge is 0.339 e. The second-order valence-electron chi connectivity index (χ2n) is 7.68. The molecule has 0 aromatic heterocycles. The van der Waals surface area contributed by atoms with E-state index in [2.05, 4.69) is 5.32 Å². The average molecular weight is 457 g/mol. The van der Waals surface area contributed by atoms with Crippen LogP contribution < -0.4 is 5.32 Å². The maximum atomic E-state index is 12.6. The predicted octanol–water partition coefficient (Wildman–Crippen LogP) is 3.22. The third kappa shape index (κ3) is 6.08. The SMILES string of the molecule is CCN(CC)C(=O)c1cccc(NC(=O)CN2CCN(C(=O)c3ccc(Cl)cc3)CC2)c1. The molecule has 0 aliphatic carbocycles. The number of carbonyl (C=O) groups is 3. The molecule has 1 aliphatic heterocycles. The summed E-state index contributed by atoms with van der Waals surface area (Å²) in [7, 11) is 0. The van der Waals surface area contributed by atoms with Gasteiger partial charge >= 0.3 is 0 Å². The topological polar surface area (TPSA) is 73.0 Å². The summed E-state index contributed by atoms with van der Waals surface area (Å²) >= 11 is 5.89. The highest BCUT2D eigenvalue weighted by Crippen LogP contribution is 2.15. The van der Waals surface area contributed by atoms with Gasteiger partial charge in [-0.25, -0.2) is 0 Å². The van der Waals surface area contributed by atoms with Crippen LogP contribution in [0.2, 0.25) is 5.02 Å². The van der Waals surface area contributed by atoms with Gasteiger partial charge in [-0.2, -0.15) is 0 Å². The zero-order valence-electron chi connectivity index (χ0n) is 18.5. The van der Waals surface area contributed by atoms with Gasteiger partial charge in [-0.1, -0.05) is 17.7 Å². The minimum Gasteiger partial charge on any atom is -0.339 e. The first kappa shape index (κ1) is 23.8. The van der Waals surface area contributed by atoms with Crippen LogP contribution in [-0.2, 0) is 4.79 Å². The highest BCUT2D eigenvalue weighted by Gasteiger charge is 2.23. The monoisotopic (exact) mass is 456 g/mol. The summed E-state index contributed by atoms with van der Waals surface area (Å²) in [5.74, 6) is -0.219. The van der Waals surface area contributed by atoms with E-state index in [-0.39, 0.29) is 24.3 Å². The zero-order valence-corrected chi connectivity index (χ0v) is 19.3. The number of hydrogen-bond acceptors (Lipinski definition) is 4. The van der Waals surface area contributed by atoms with Crippen LogP contribution in [0, 0.1) is 0 Å². The standard InChI is InChI=1S/C24H29ClN4O3/c1-3-28(4-2)24(32)19-6-5-7-21(16-19)26-22(30)17-27-12-14-29(15-13-27)23(31)18-8-10-20(25)11-9-18/h5-11,16H,3-4,12-15,17H2,1-2H3,(H,26,30). The lowest BCUT2D eigenvalue weighted by atomic mass is 10.1. The molecule has 0 saturated carbocycles. The summed E-state index contributed by atoms with van der Waals surface area (Å²) in [5, 5.41) is 3.48. The van der Waals surface area contributed by atoms with Gasteiger partial charge in [0, 0.05) is 61.1 Å². The number of benzene rings is 2. The third-order valence-electron chi connectivity index (χ3n) is 5.56. The van der Waals surface area contributed by atoms with E-state index in [1.165, 1.54) is 0 Å². The van der Waals surface area contributed by atoms with Crippen molar-refractivity contribution >= 4 is 35.0 Å². The summed E-state index contributed by atoms with van der Waals surface area (Å²) in [6.07, 6.45) is 0. The minimum absolute atomic E-state index is 0.0274. The van der Waals surface area contributed by atoms with E-state index in [1.807, 2.05) is 18.7 Å². The van der Waals surface area contributed by atoms with Gasteiger partial charge in [0.15, 0.2) is 0 Å². The second-order valence-corrected chi connectivity index (χ2v) is 8.12. The summed E-state index contributed by atoms with van der Waals surface area (Å²) in [4.78, 5) is 43.2. The van der Waals surface area contributed by atoms with E-state index in [0.29, 0.717) is 61.1 Å². The normalized spacial score (nSPS) is 14.2. The van der Waals surface area contributed by atoms with Gasteiger partial charge in [0.1, 0.15) is 0 Å². The quantitative estimate of drug-likeness (QED) is 0.694. The van der Waals surface area contributed by atoms with Gasteiger partial charge in [0.25, 0.3) is 11.8 Å². The molecule has 1 fully saturated rings. The molecule has 1 heterocycles. The number of halogens is 1. The molecular formula is C24H29ClN4O3. The van der Waals surface area contributed by atoms with Crippen molar-refractivity contribution in [3.05, 3.63) is 64.7 Å². The van der Waals surface area contributed by atoms with E-state index in [0.717, 1.165) is 0 Å². The Morgan fingerprint density at radius 2 is 1.59 bits per heavy atom. The van der Waals surface area contributed by atoms with E-state index >= 15 is 0 Å². The van der Waals surface area contributed by atoms with Gasteiger partial charge in [-0.3, -0.25) is 19.3 Å². The lowest BCUT2D eigenvalue weighted by molar-refractivity contribution is -0.117. The Labute approximate surface area is 193 Å². The van der Waals surface area contributed by atoms with Crippen LogP contribution in [0.25, 0.3) is 0 Å². The van der Waals surface area contributed by atoms with Gasteiger partial charge < -0.3 is 15.1 Å². The van der Waals surface area contributed by atoms with Crippen LogP contribution in [0.15, 0.2) is 48.5 Å². The Hall–Kier alpha value is -2.90. The molecule has 32 heavy (non-hydrogen) atoms. The highest BCUT2D eigenvalue weighted by atomic mass is 35.5. The van der Waals surface area contributed by atoms with E-state index in [1.54, 1.807) is 58.3 Å². The van der Waals surface area contributed by atoms with E-state index < -0.39 is 0 Å². The van der Waals surface area contributed by atoms with Crippen LogP contribution in [0.1, 0.15) is 34.6 Å². The van der Waals surface area contributed by atoms with Crippen molar-refractivity contribution in [3.8, 4) is 0 Å². The lowest BCUT2D eigenvalue weighted by Gasteiger charge is -2.34. The minimum atomic E-state index is -0.144. The Kier molecular flexibility index (Phi) is 8.25. The molecule has 0 bridgehead atoms. The molecule has 2 aromatic carbocycles. The molecule has 1 saturated heterocycles. The fraction of sp³-hybridized carbons (Fsp3) is 0.375. The van der Waals surface area contributed by atoms with Crippen molar-refractivity contribution in [1.29, 1.82) is 0 Å². The number of carbonyl (C=O) groups excluding carboxylic acids is 3. The first-order valence-corrected chi connectivity index (χ1v) is 11.3. The molecule has 3 rings (SSSR count). The first-order chi connectivity index (χ1) is 15.4. The fourth-order valence-corrected chi connectivity index (χ4v) is 3.84. The van der Waals surface area contributed by atoms with Crippen molar-refractivity contribution < 1.29 is 14.4 Å². The fourth-order valence-electron chi connectivity index (χ4n) is 3.71. The molecule has 3 amide bonds.